The van der Waals surface area contributed by atoms with Crippen LogP contribution >= 0.6 is 0 Å². The van der Waals surface area contributed by atoms with Gasteiger partial charge in [-0.25, -0.2) is 0 Å². The van der Waals surface area contributed by atoms with Gasteiger partial charge in [-0.1, -0.05) is 146 Å². The van der Waals surface area contributed by atoms with Crippen LogP contribution in [0.5, 0.6) is 0 Å². The molecule has 8 aromatic carbocycles. The van der Waals surface area contributed by atoms with E-state index in [2.05, 4.69) is 169 Å². The summed E-state index contributed by atoms with van der Waals surface area (Å²) in [6.07, 6.45) is 0. The van der Waals surface area contributed by atoms with E-state index in [1.807, 2.05) is 24.3 Å². The number of hydrogen-bond acceptors (Lipinski definition) is 3. The zero-order chi connectivity index (χ0) is 33.7. The maximum atomic E-state index is 6.60. The molecule has 0 aliphatic rings. The summed E-state index contributed by atoms with van der Waals surface area (Å²) in [6, 6.07) is 66.1. The minimum absolute atomic E-state index is 0.851. The molecule has 0 atom stereocenters. The summed E-state index contributed by atoms with van der Waals surface area (Å²) in [4.78, 5) is 2.30. The van der Waals surface area contributed by atoms with Crippen molar-refractivity contribution in [3.8, 4) is 33.4 Å². The zero-order valence-corrected chi connectivity index (χ0v) is 27.7. The molecule has 0 unspecified atom stereocenters. The Balaban J connectivity index is 1.11. The third-order valence-electron chi connectivity index (χ3n) is 9.89. The SMILES string of the molecule is c1ccc(-c2ccc(-c3ccc(N(c4cccc(-c5cccc6c5oc5ccccc56)c4)c4cccc5c4oc4ccccc45)cc3)cc2)cc1. The number of anilines is 3. The highest BCUT2D eigenvalue weighted by Gasteiger charge is 2.21. The number of benzene rings is 8. The monoisotopic (exact) mass is 653 g/mol. The van der Waals surface area contributed by atoms with Crippen LogP contribution in [0.25, 0.3) is 77.3 Å². The van der Waals surface area contributed by atoms with Crippen molar-refractivity contribution < 1.29 is 8.83 Å². The number of rotatable bonds is 6. The van der Waals surface area contributed by atoms with E-state index in [4.69, 9.17) is 8.83 Å². The first-order valence-electron chi connectivity index (χ1n) is 17.3. The van der Waals surface area contributed by atoms with Gasteiger partial charge in [0.15, 0.2) is 5.58 Å². The van der Waals surface area contributed by atoms with Crippen molar-refractivity contribution in [2.24, 2.45) is 0 Å². The Morgan fingerprint density at radius 3 is 1.49 bits per heavy atom. The van der Waals surface area contributed by atoms with E-state index < -0.39 is 0 Å². The standard InChI is InChI=1S/C48H31NO2/c1-2-11-32(12-3-1)33-23-25-34(26-24-33)35-27-29-37(30-28-35)49(44-20-10-19-43-41-16-5-7-22-46(41)51-48(43)44)38-14-8-13-36(31-38)39-17-9-18-42-40-15-4-6-21-45(40)50-47(39)42/h1-31H. The van der Waals surface area contributed by atoms with Gasteiger partial charge in [0.1, 0.15) is 16.7 Å². The van der Waals surface area contributed by atoms with Crippen LogP contribution in [0.2, 0.25) is 0 Å². The minimum Gasteiger partial charge on any atom is -0.455 e. The first-order chi connectivity index (χ1) is 25.3. The van der Waals surface area contributed by atoms with Crippen molar-refractivity contribution >= 4 is 60.9 Å². The van der Waals surface area contributed by atoms with E-state index in [0.717, 1.165) is 77.6 Å². The third-order valence-corrected chi connectivity index (χ3v) is 9.89. The van der Waals surface area contributed by atoms with E-state index in [-0.39, 0.29) is 0 Å². The molecule has 10 rings (SSSR count). The predicted octanol–water partition coefficient (Wildman–Crippen LogP) is 14.0. The Kier molecular flexibility index (Phi) is 6.81. The first kappa shape index (κ1) is 29.1. The van der Waals surface area contributed by atoms with Crippen molar-refractivity contribution in [2.45, 2.75) is 0 Å². The van der Waals surface area contributed by atoms with Crippen molar-refractivity contribution in [1.29, 1.82) is 0 Å². The van der Waals surface area contributed by atoms with Crippen molar-refractivity contribution in [1.82, 2.24) is 0 Å². The molecular formula is C48H31NO2. The Bertz CT molecular complexity index is 2840. The summed E-state index contributed by atoms with van der Waals surface area (Å²) < 4.78 is 13.1. The molecule has 0 bridgehead atoms. The quantitative estimate of drug-likeness (QED) is 0.179. The Hall–Kier alpha value is -6.84. The average molecular weight is 654 g/mol. The van der Waals surface area contributed by atoms with Gasteiger partial charge in [-0.2, -0.15) is 0 Å². The molecule has 0 radical (unpaired) electrons. The summed E-state index contributed by atoms with van der Waals surface area (Å²) in [6.45, 7) is 0. The van der Waals surface area contributed by atoms with Crippen LogP contribution in [0.4, 0.5) is 17.1 Å². The zero-order valence-electron chi connectivity index (χ0n) is 27.7. The Morgan fingerprint density at radius 1 is 0.314 bits per heavy atom. The number of nitrogens with zero attached hydrogens (tertiary/aromatic N) is 1. The lowest BCUT2D eigenvalue weighted by Crippen LogP contribution is -2.10. The summed E-state index contributed by atoms with van der Waals surface area (Å²) in [5.41, 5.74) is 13.4. The molecule has 0 N–H and O–H groups in total. The molecule has 0 fully saturated rings. The molecule has 0 spiro atoms. The average Bonchev–Trinajstić information content (AvgIpc) is 3.78. The maximum absolute atomic E-state index is 6.60. The van der Waals surface area contributed by atoms with Gasteiger partial charge in [-0.15, -0.1) is 0 Å². The van der Waals surface area contributed by atoms with Gasteiger partial charge in [-0.3, -0.25) is 0 Å². The lowest BCUT2D eigenvalue weighted by molar-refractivity contribution is 0.669. The van der Waals surface area contributed by atoms with Crippen LogP contribution in [-0.4, -0.2) is 0 Å². The Morgan fingerprint density at radius 2 is 0.804 bits per heavy atom. The summed E-state index contributed by atoms with van der Waals surface area (Å²) in [5, 5.41) is 4.43. The van der Waals surface area contributed by atoms with E-state index in [1.165, 1.54) is 16.7 Å². The van der Waals surface area contributed by atoms with Gasteiger partial charge in [0.2, 0.25) is 0 Å². The topological polar surface area (TPSA) is 29.5 Å². The van der Waals surface area contributed by atoms with Gasteiger partial charge in [0.05, 0.1) is 5.69 Å². The second-order valence-corrected chi connectivity index (χ2v) is 12.9. The van der Waals surface area contributed by atoms with Gasteiger partial charge in [0, 0.05) is 38.5 Å². The molecule has 0 saturated carbocycles. The molecule has 3 heteroatoms. The number of fused-ring (bicyclic) bond motifs is 6. The van der Waals surface area contributed by atoms with Crippen LogP contribution in [0.3, 0.4) is 0 Å². The minimum atomic E-state index is 0.851. The highest BCUT2D eigenvalue weighted by atomic mass is 16.3. The molecule has 51 heavy (non-hydrogen) atoms. The summed E-state index contributed by atoms with van der Waals surface area (Å²) >= 11 is 0. The van der Waals surface area contributed by atoms with Gasteiger partial charge in [0.25, 0.3) is 0 Å². The Labute approximate surface area is 295 Å². The van der Waals surface area contributed by atoms with E-state index in [0.29, 0.717) is 0 Å². The molecule has 10 aromatic rings. The molecule has 0 aliphatic heterocycles. The van der Waals surface area contributed by atoms with Crippen LogP contribution in [0.15, 0.2) is 197 Å². The van der Waals surface area contributed by atoms with Crippen molar-refractivity contribution in [2.75, 3.05) is 4.90 Å². The fourth-order valence-electron chi connectivity index (χ4n) is 7.41. The van der Waals surface area contributed by atoms with E-state index in [9.17, 15) is 0 Å². The molecule has 2 aromatic heterocycles. The van der Waals surface area contributed by atoms with Crippen LogP contribution < -0.4 is 4.90 Å². The predicted molar refractivity (Wildman–Crippen MR) is 212 cm³/mol. The molecule has 0 saturated heterocycles. The summed E-state index contributed by atoms with van der Waals surface area (Å²) in [5.74, 6) is 0. The van der Waals surface area contributed by atoms with Crippen LogP contribution in [-0.2, 0) is 0 Å². The number of hydrogen-bond donors (Lipinski definition) is 0. The second kappa shape index (κ2) is 11.9. The van der Waals surface area contributed by atoms with Gasteiger partial charge >= 0.3 is 0 Å². The molecule has 2 heterocycles. The number of furan rings is 2. The highest BCUT2D eigenvalue weighted by Crippen LogP contribution is 2.44. The van der Waals surface area contributed by atoms with Crippen molar-refractivity contribution in [3.05, 3.63) is 188 Å². The molecule has 240 valence electrons. The molecule has 3 nitrogen and oxygen atoms in total. The normalized spacial score (nSPS) is 11.5. The smallest absolute Gasteiger partial charge is 0.159 e. The lowest BCUT2D eigenvalue weighted by Gasteiger charge is -2.26. The third kappa shape index (κ3) is 4.98. The highest BCUT2D eigenvalue weighted by molar-refractivity contribution is 6.11. The van der Waals surface area contributed by atoms with Crippen molar-refractivity contribution in [3.63, 3.8) is 0 Å². The molecular weight excluding hydrogens is 623 g/mol. The largest absolute Gasteiger partial charge is 0.455 e. The molecule has 0 amide bonds. The van der Waals surface area contributed by atoms with Crippen LogP contribution in [0, 0.1) is 0 Å². The maximum Gasteiger partial charge on any atom is 0.159 e. The van der Waals surface area contributed by atoms with Gasteiger partial charge < -0.3 is 13.7 Å². The summed E-state index contributed by atoms with van der Waals surface area (Å²) in [7, 11) is 0. The first-order valence-corrected chi connectivity index (χ1v) is 17.3. The van der Waals surface area contributed by atoms with E-state index >= 15 is 0 Å². The second-order valence-electron chi connectivity index (χ2n) is 12.9. The lowest BCUT2D eigenvalue weighted by atomic mass is 9.99. The fourth-order valence-corrected chi connectivity index (χ4v) is 7.41. The van der Waals surface area contributed by atoms with E-state index in [1.54, 1.807) is 0 Å². The molecule has 0 aliphatic carbocycles. The fraction of sp³-hybridized carbons (Fsp3) is 0. The number of para-hydroxylation sites is 4. The van der Waals surface area contributed by atoms with Gasteiger partial charge in [-0.05, 0) is 70.3 Å². The van der Waals surface area contributed by atoms with Crippen LogP contribution in [0.1, 0.15) is 0 Å².